The minimum absolute atomic E-state index is 0. The fourth-order valence-corrected chi connectivity index (χ4v) is 0.150. The number of nitrogens with two attached hydrogens (primary N) is 1. The maximum atomic E-state index is 8.34. The van der Waals surface area contributed by atoms with Crippen molar-refractivity contribution in [3.63, 3.8) is 0 Å². The van der Waals surface area contributed by atoms with E-state index >= 15 is 0 Å². The van der Waals surface area contributed by atoms with Gasteiger partial charge in [-0.3, -0.25) is 0 Å². The lowest BCUT2D eigenvalue weighted by atomic mass is 10.1. The van der Waals surface area contributed by atoms with Crippen LogP contribution in [0.2, 0.25) is 0 Å². The normalized spacial score (nSPS) is 8.73. The highest BCUT2D eigenvalue weighted by molar-refractivity contribution is 4.80. The Bertz CT molecular complexity index is 57.3. The summed E-state index contributed by atoms with van der Waals surface area (Å²) in [6, 6.07) is 0. The summed E-state index contributed by atoms with van der Waals surface area (Å²) in [7, 11) is 0. The van der Waals surface area contributed by atoms with Gasteiger partial charge in [-0.15, -0.1) is 0 Å². The van der Waals surface area contributed by atoms with E-state index in [4.69, 9.17) is 21.1 Å². The van der Waals surface area contributed by atoms with Crippen molar-refractivity contribution in [2.45, 2.75) is 5.54 Å². The van der Waals surface area contributed by atoms with E-state index in [1.54, 1.807) is 0 Å². The standard InChI is InChI=1S/C4H11NO3.3H2O/c5-4(1-6,2-7)3-8;;;/h6-8H,1-3,5H2;3*1H2. The third-order valence-corrected chi connectivity index (χ3v) is 0.945. The van der Waals surface area contributed by atoms with Crippen molar-refractivity contribution in [2.24, 2.45) is 5.73 Å². The fourth-order valence-electron chi connectivity index (χ4n) is 0.150. The zero-order valence-corrected chi connectivity index (χ0v) is 6.04. The molecule has 0 spiro atoms. The summed E-state index contributed by atoms with van der Waals surface area (Å²) in [5, 5.41) is 25.0. The third-order valence-electron chi connectivity index (χ3n) is 0.945. The lowest BCUT2D eigenvalue weighted by Gasteiger charge is -2.20. The Balaban J connectivity index is -0.0000000817. The van der Waals surface area contributed by atoms with Gasteiger partial charge in [0.25, 0.3) is 0 Å². The molecule has 0 bridgehead atoms. The molecule has 0 heterocycles. The first-order valence-corrected chi connectivity index (χ1v) is 2.30. The topological polar surface area (TPSA) is 181 Å². The number of aliphatic hydroxyl groups excluding tert-OH is 3. The van der Waals surface area contributed by atoms with Crippen molar-refractivity contribution in [3.05, 3.63) is 0 Å². The van der Waals surface area contributed by atoms with Crippen LogP contribution in [0.5, 0.6) is 0 Å². The van der Waals surface area contributed by atoms with Gasteiger partial charge in [0.2, 0.25) is 0 Å². The summed E-state index contributed by atoms with van der Waals surface area (Å²) in [6.45, 7) is -1.21. The number of rotatable bonds is 3. The molecule has 0 aliphatic heterocycles. The van der Waals surface area contributed by atoms with Gasteiger partial charge in [-0.05, 0) is 0 Å². The molecule has 7 heteroatoms. The van der Waals surface area contributed by atoms with Crippen molar-refractivity contribution in [1.29, 1.82) is 0 Å². The van der Waals surface area contributed by atoms with Gasteiger partial charge in [0.1, 0.15) is 0 Å². The van der Waals surface area contributed by atoms with Crippen LogP contribution < -0.4 is 5.73 Å². The van der Waals surface area contributed by atoms with Gasteiger partial charge in [0, 0.05) is 0 Å². The summed E-state index contributed by atoms with van der Waals surface area (Å²) in [6.07, 6.45) is 0. The number of aliphatic hydroxyl groups is 3. The number of hydrogen-bond donors (Lipinski definition) is 4. The SMILES string of the molecule is NC(CO)(CO)CO.O.O.O. The van der Waals surface area contributed by atoms with Crippen molar-refractivity contribution >= 4 is 0 Å². The largest absolute Gasteiger partial charge is 0.412 e. The lowest BCUT2D eigenvalue weighted by Crippen LogP contribution is -2.50. The van der Waals surface area contributed by atoms with Gasteiger partial charge in [-0.1, -0.05) is 0 Å². The maximum Gasteiger partial charge on any atom is 0.0856 e. The predicted octanol–water partition coefficient (Wildman–Crippen LogP) is -4.81. The van der Waals surface area contributed by atoms with Gasteiger partial charge in [-0.25, -0.2) is 0 Å². The van der Waals surface area contributed by atoms with E-state index < -0.39 is 25.4 Å². The molecule has 0 atom stereocenters. The van der Waals surface area contributed by atoms with Gasteiger partial charge < -0.3 is 37.5 Å². The number of hydrogen-bond acceptors (Lipinski definition) is 4. The van der Waals surface area contributed by atoms with Crippen LogP contribution in [0.15, 0.2) is 0 Å². The summed E-state index contributed by atoms with van der Waals surface area (Å²) in [5.74, 6) is 0. The molecule has 0 fully saturated rings. The van der Waals surface area contributed by atoms with Crippen LogP contribution in [0.1, 0.15) is 0 Å². The second-order valence-electron chi connectivity index (χ2n) is 1.84. The molecule has 0 saturated carbocycles. The van der Waals surface area contributed by atoms with Crippen molar-refractivity contribution in [1.82, 2.24) is 0 Å². The molecular weight excluding hydrogens is 158 g/mol. The van der Waals surface area contributed by atoms with Gasteiger partial charge in [0.15, 0.2) is 0 Å². The van der Waals surface area contributed by atoms with Crippen LogP contribution in [-0.4, -0.2) is 57.1 Å². The van der Waals surface area contributed by atoms with E-state index in [9.17, 15) is 0 Å². The predicted molar refractivity (Wildman–Crippen MR) is 39.0 cm³/mol. The summed E-state index contributed by atoms with van der Waals surface area (Å²) < 4.78 is 0. The molecule has 0 amide bonds. The van der Waals surface area contributed by atoms with Crippen molar-refractivity contribution in [2.75, 3.05) is 19.8 Å². The summed E-state index contributed by atoms with van der Waals surface area (Å²) in [4.78, 5) is 0. The molecule has 74 valence electrons. The highest BCUT2D eigenvalue weighted by atomic mass is 16.3. The molecule has 0 rings (SSSR count). The van der Waals surface area contributed by atoms with E-state index in [1.165, 1.54) is 0 Å². The third kappa shape index (κ3) is 7.62. The van der Waals surface area contributed by atoms with Crippen molar-refractivity contribution in [3.8, 4) is 0 Å². The first-order valence-electron chi connectivity index (χ1n) is 2.30. The van der Waals surface area contributed by atoms with Gasteiger partial charge in [-0.2, -0.15) is 0 Å². The van der Waals surface area contributed by atoms with E-state index in [1.807, 2.05) is 0 Å². The van der Waals surface area contributed by atoms with E-state index in [0.717, 1.165) is 0 Å². The van der Waals surface area contributed by atoms with Crippen LogP contribution in [0, 0.1) is 0 Å². The zero-order chi connectivity index (χ0) is 6.62. The molecule has 7 nitrogen and oxygen atoms in total. The molecule has 11 heavy (non-hydrogen) atoms. The Hall–Kier alpha value is -0.280. The average molecular weight is 175 g/mol. The Morgan fingerprint density at radius 2 is 1.00 bits per heavy atom. The zero-order valence-electron chi connectivity index (χ0n) is 6.04. The van der Waals surface area contributed by atoms with Crippen LogP contribution in [0.25, 0.3) is 0 Å². The summed E-state index contributed by atoms with van der Waals surface area (Å²) >= 11 is 0. The Labute approximate surface area is 64.0 Å². The first kappa shape index (κ1) is 22.4. The Kier molecular flexibility index (Phi) is 19.8. The van der Waals surface area contributed by atoms with Crippen LogP contribution in [0.3, 0.4) is 0 Å². The molecular formula is C4H17NO6. The minimum Gasteiger partial charge on any atom is -0.412 e. The summed E-state index contributed by atoms with van der Waals surface area (Å²) in [5.41, 5.74) is 3.94. The second kappa shape index (κ2) is 9.72. The minimum atomic E-state index is -1.21. The average Bonchev–Trinajstić information content (AvgIpc) is 1.87. The van der Waals surface area contributed by atoms with Crippen LogP contribution >= 0.6 is 0 Å². The molecule has 0 unspecified atom stereocenters. The highest BCUT2D eigenvalue weighted by Gasteiger charge is 2.20. The molecule has 0 aliphatic rings. The molecule has 0 aromatic heterocycles. The monoisotopic (exact) mass is 175 g/mol. The van der Waals surface area contributed by atoms with E-state index in [2.05, 4.69) is 0 Å². The molecule has 0 saturated heterocycles. The van der Waals surface area contributed by atoms with Crippen LogP contribution in [0.4, 0.5) is 0 Å². The van der Waals surface area contributed by atoms with Gasteiger partial charge >= 0.3 is 0 Å². The maximum absolute atomic E-state index is 8.34. The second-order valence-corrected chi connectivity index (χ2v) is 1.84. The Morgan fingerprint density at radius 3 is 1.00 bits per heavy atom. The van der Waals surface area contributed by atoms with E-state index in [-0.39, 0.29) is 16.4 Å². The van der Waals surface area contributed by atoms with Crippen LogP contribution in [-0.2, 0) is 0 Å². The van der Waals surface area contributed by atoms with Crippen molar-refractivity contribution < 1.29 is 31.7 Å². The highest BCUT2D eigenvalue weighted by Crippen LogP contribution is 1.93. The molecule has 0 aromatic rings. The quantitative estimate of drug-likeness (QED) is 0.336. The Morgan fingerprint density at radius 1 is 0.818 bits per heavy atom. The van der Waals surface area contributed by atoms with E-state index in [0.29, 0.717) is 0 Å². The van der Waals surface area contributed by atoms with Gasteiger partial charge in [0.05, 0.1) is 25.4 Å². The molecule has 11 N–H and O–H groups in total. The molecule has 0 aromatic carbocycles. The molecule has 0 radical (unpaired) electrons. The first-order chi connectivity index (χ1) is 3.68. The lowest BCUT2D eigenvalue weighted by molar-refractivity contribution is 0.0698. The molecule has 0 aliphatic carbocycles. The smallest absolute Gasteiger partial charge is 0.0856 e. The fraction of sp³-hybridized carbons (Fsp3) is 1.00.